The van der Waals surface area contributed by atoms with Gasteiger partial charge in [-0.2, -0.15) is 0 Å². The van der Waals surface area contributed by atoms with E-state index in [1.54, 1.807) is 16.8 Å². The minimum absolute atomic E-state index is 0.0985. The molecule has 0 atom stereocenters. The second-order valence-corrected chi connectivity index (χ2v) is 7.72. The number of nitrogens with zero attached hydrogens (tertiary/aromatic N) is 3. The number of nitrogens with one attached hydrogen (secondary N) is 1. The van der Waals surface area contributed by atoms with E-state index in [1.807, 2.05) is 75.4 Å². The second kappa shape index (κ2) is 8.13. The zero-order chi connectivity index (χ0) is 21.3. The van der Waals surface area contributed by atoms with Crippen LogP contribution in [0, 0.1) is 20.8 Å². The van der Waals surface area contributed by atoms with Gasteiger partial charge < -0.3 is 5.32 Å². The average Bonchev–Trinajstić information content (AvgIpc) is 3.17. The molecular weight excluding hydrogens is 396 g/mol. The van der Waals surface area contributed by atoms with Gasteiger partial charge in [-0.05, 0) is 74.4 Å². The Morgan fingerprint density at radius 2 is 1.57 bits per heavy atom. The van der Waals surface area contributed by atoms with Crippen molar-refractivity contribution < 1.29 is 4.79 Å². The number of hydrogen-bond donors (Lipinski definition) is 1. The highest BCUT2D eigenvalue weighted by Crippen LogP contribution is 2.25. The van der Waals surface area contributed by atoms with Crippen molar-refractivity contribution >= 4 is 23.2 Å². The number of rotatable bonds is 4. The number of benzene rings is 3. The van der Waals surface area contributed by atoms with Gasteiger partial charge in [0.1, 0.15) is 0 Å². The Hall–Kier alpha value is -3.44. The molecule has 0 spiro atoms. The van der Waals surface area contributed by atoms with Crippen molar-refractivity contribution in [3.63, 3.8) is 0 Å². The van der Waals surface area contributed by atoms with Crippen LogP contribution in [0.15, 0.2) is 66.7 Å². The standard InChI is InChI=1S/C24H21ClN4O/c1-15-5-12-20(13-6-15)26-24(30)22-27-23(18-8-10-19(25)11-9-18)29(28-22)21-14-16(2)4-7-17(21)3/h4-14H,1-3H3,(H,26,30). The number of hydrogen-bond acceptors (Lipinski definition) is 3. The Morgan fingerprint density at radius 3 is 2.27 bits per heavy atom. The number of carbonyl (C=O) groups excluding carboxylic acids is 1. The van der Waals surface area contributed by atoms with Crippen LogP contribution in [0.3, 0.4) is 0 Å². The molecule has 1 N–H and O–H groups in total. The van der Waals surface area contributed by atoms with E-state index in [2.05, 4.69) is 15.4 Å². The molecule has 5 nitrogen and oxygen atoms in total. The van der Waals surface area contributed by atoms with E-state index >= 15 is 0 Å². The van der Waals surface area contributed by atoms with Crippen LogP contribution in [0.5, 0.6) is 0 Å². The fourth-order valence-corrected chi connectivity index (χ4v) is 3.26. The number of aromatic nitrogens is 3. The quantitative estimate of drug-likeness (QED) is 0.459. The lowest BCUT2D eigenvalue weighted by Crippen LogP contribution is -2.14. The summed E-state index contributed by atoms with van der Waals surface area (Å²) >= 11 is 6.05. The van der Waals surface area contributed by atoms with Gasteiger partial charge in [-0.1, -0.05) is 41.4 Å². The third-order valence-corrected chi connectivity index (χ3v) is 5.07. The van der Waals surface area contributed by atoms with E-state index in [0.717, 1.165) is 27.9 Å². The van der Waals surface area contributed by atoms with Gasteiger partial charge in [-0.25, -0.2) is 9.67 Å². The molecule has 0 fully saturated rings. The van der Waals surface area contributed by atoms with E-state index in [0.29, 0.717) is 16.5 Å². The first kappa shape index (κ1) is 19.9. The van der Waals surface area contributed by atoms with Crippen LogP contribution in [-0.4, -0.2) is 20.7 Å². The minimum atomic E-state index is -0.363. The maximum atomic E-state index is 12.9. The number of amides is 1. The summed E-state index contributed by atoms with van der Waals surface area (Å²) in [6, 6.07) is 21.0. The number of aryl methyl sites for hydroxylation is 3. The first-order chi connectivity index (χ1) is 14.4. The Bertz CT molecular complexity index is 1210. The van der Waals surface area contributed by atoms with E-state index in [4.69, 9.17) is 11.6 Å². The summed E-state index contributed by atoms with van der Waals surface area (Å²) in [5.41, 5.74) is 5.64. The molecule has 1 heterocycles. The van der Waals surface area contributed by atoms with Crippen molar-refractivity contribution in [3.8, 4) is 17.1 Å². The number of halogens is 1. The van der Waals surface area contributed by atoms with Gasteiger partial charge in [-0.3, -0.25) is 4.79 Å². The molecule has 150 valence electrons. The van der Waals surface area contributed by atoms with Crippen LogP contribution in [0.2, 0.25) is 5.02 Å². The molecule has 3 aromatic carbocycles. The monoisotopic (exact) mass is 416 g/mol. The van der Waals surface area contributed by atoms with Crippen molar-refractivity contribution in [1.29, 1.82) is 0 Å². The Morgan fingerprint density at radius 1 is 0.900 bits per heavy atom. The fourth-order valence-electron chi connectivity index (χ4n) is 3.13. The lowest BCUT2D eigenvalue weighted by molar-refractivity contribution is 0.101. The van der Waals surface area contributed by atoms with E-state index < -0.39 is 0 Å². The molecule has 4 rings (SSSR count). The lowest BCUT2D eigenvalue weighted by Gasteiger charge is -2.10. The Labute approximate surface area is 180 Å². The molecule has 0 saturated carbocycles. The highest BCUT2D eigenvalue weighted by atomic mass is 35.5. The normalized spacial score (nSPS) is 10.8. The molecule has 1 aromatic heterocycles. The molecule has 6 heteroatoms. The molecule has 0 aliphatic rings. The summed E-state index contributed by atoms with van der Waals surface area (Å²) in [5.74, 6) is 0.314. The molecule has 30 heavy (non-hydrogen) atoms. The molecule has 0 unspecified atom stereocenters. The third kappa shape index (κ3) is 4.11. The third-order valence-electron chi connectivity index (χ3n) is 4.81. The fraction of sp³-hybridized carbons (Fsp3) is 0.125. The SMILES string of the molecule is Cc1ccc(NC(=O)c2nc(-c3ccc(Cl)cc3)n(-c3cc(C)ccc3C)n2)cc1. The van der Waals surface area contributed by atoms with Gasteiger partial charge in [0.05, 0.1) is 5.69 Å². The van der Waals surface area contributed by atoms with Crippen molar-refractivity contribution in [1.82, 2.24) is 14.8 Å². The summed E-state index contributed by atoms with van der Waals surface area (Å²) in [6.45, 7) is 6.03. The molecule has 0 aliphatic carbocycles. The van der Waals surface area contributed by atoms with Crippen molar-refractivity contribution in [3.05, 3.63) is 94.3 Å². The van der Waals surface area contributed by atoms with Gasteiger partial charge in [-0.15, -0.1) is 5.10 Å². The van der Waals surface area contributed by atoms with Crippen LogP contribution in [-0.2, 0) is 0 Å². The first-order valence-electron chi connectivity index (χ1n) is 9.59. The van der Waals surface area contributed by atoms with E-state index in [9.17, 15) is 4.79 Å². The van der Waals surface area contributed by atoms with Gasteiger partial charge in [0, 0.05) is 16.3 Å². The molecule has 4 aromatic rings. The summed E-state index contributed by atoms with van der Waals surface area (Å²) in [7, 11) is 0. The van der Waals surface area contributed by atoms with Crippen molar-refractivity contribution in [2.75, 3.05) is 5.32 Å². The van der Waals surface area contributed by atoms with Crippen LogP contribution in [0.25, 0.3) is 17.1 Å². The van der Waals surface area contributed by atoms with Crippen molar-refractivity contribution in [2.45, 2.75) is 20.8 Å². The summed E-state index contributed by atoms with van der Waals surface area (Å²) < 4.78 is 1.72. The van der Waals surface area contributed by atoms with Crippen LogP contribution >= 0.6 is 11.6 Å². The molecule has 0 aliphatic heterocycles. The zero-order valence-corrected chi connectivity index (χ0v) is 17.7. The van der Waals surface area contributed by atoms with Gasteiger partial charge >= 0.3 is 0 Å². The van der Waals surface area contributed by atoms with E-state index in [1.165, 1.54) is 0 Å². The lowest BCUT2D eigenvalue weighted by atomic mass is 10.1. The summed E-state index contributed by atoms with van der Waals surface area (Å²) in [6.07, 6.45) is 0. The number of carbonyl (C=O) groups is 1. The molecular formula is C24H21ClN4O. The maximum absolute atomic E-state index is 12.9. The van der Waals surface area contributed by atoms with Crippen LogP contribution in [0.1, 0.15) is 27.3 Å². The van der Waals surface area contributed by atoms with Gasteiger partial charge in [0.15, 0.2) is 5.82 Å². The topological polar surface area (TPSA) is 59.8 Å². The van der Waals surface area contributed by atoms with Gasteiger partial charge in [0.25, 0.3) is 5.91 Å². The van der Waals surface area contributed by atoms with Crippen LogP contribution in [0.4, 0.5) is 5.69 Å². The smallest absolute Gasteiger partial charge is 0.295 e. The highest BCUT2D eigenvalue weighted by molar-refractivity contribution is 6.30. The molecule has 0 bridgehead atoms. The average molecular weight is 417 g/mol. The predicted molar refractivity (Wildman–Crippen MR) is 120 cm³/mol. The van der Waals surface area contributed by atoms with E-state index in [-0.39, 0.29) is 11.7 Å². The van der Waals surface area contributed by atoms with Crippen molar-refractivity contribution in [2.24, 2.45) is 0 Å². The predicted octanol–water partition coefficient (Wildman–Crippen LogP) is 5.77. The summed E-state index contributed by atoms with van der Waals surface area (Å²) in [4.78, 5) is 17.4. The van der Waals surface area contributed by atoms with Gasteiger partial charge in [0.2, 0.25) is 5.82 Å². The minimum Gasteiger partial charge on any atom is -0.319 e. The zero-order valence-electron chi connectivity index (χ0n) is 17.0. The number of anilines is 1. The Kier molecular flexibility index (Phi) is 5.38. The Balaban J connectivity index is 1.79. The molecule has 1 amide bonds. The summed E-state index contributed by atoms with van der Waals surface area (Å²) in [5, 5.41) is 8.05. The highest BCUT2D eigenvalue weighted by Gasteiger charge is 2.20. The largest absolute Gasteiger partial charge is 0.319 e. The maximum Gasteiger partial charge on any atom is 0.295 e. The molecule has 0 radical (unpaired) electrons. The van der Waals surface area contributed by atoms with Crippen LogP contribution < -0.4 is 5.32 Å². The molecule has 0 saturated heterocycles. The first-order valence-corrected chi connectivity index (χ1v) is 9.97. The second-order valence-electron chi connectivity index (χ2n) is 7.29.